The number of nitrogens with zero attached hydrogens (tertiary/aromatic N) is 3. The topological polar surface area (TPSA) is 73.2 Å². The van der Waals surface area contributed by atoms with Crippen LogP contribution in [0.1, 0.15) is 30.4 Å². The average molecular weight is 481 g/mol. The van der Waals surface area contributed by atoms with Crippen LogP contribution >= 0.6 is 15.9 Å². The quantitative estimate of drug-likeness (QED) is 0.388. The van der Waals surface area contributed by atoms with Crippen LogP contribution in [0.3, 0.4) is 0 Å². The maximum absolute atomic E-state index is 10.7. The standard InChI is InChI=1S/C24H25BrN4O2/c1-29-11-8-15(9-12-29)10-13-31-28-22-17-4-2-3-5-19(17)26-23(22)21-18-14-16(25)6-7-20(18)27-24(21)30/h2-7,14-15,27,30H,8-13H2,1H3/b28-22+. The smallest absolute Gasteiger partial charge is 0.199 e. The van der Waals surface area contributed by atoms with Gasteiger partial charge in [-0.2, -0.15) is 0 Å². The van der Waals surface area contributed by atoms with Crippen molar-refractivity contribution in [2.75, 3.05) is 26.7 Å². The van der Waals surface area contributed by atoms with Crippen molar-refractivity contribution in [3.63, 3.8) is 0 Å². The molecule has 31 heavy (non-hydrogen) atoms. The molecule has 2 aromatic carbocycles. The van der Waals surface area contributed by atoms with Crippen LogP contribution in [0.5, 0.6) is 5.88 Å². The lowest BCUT2D eigenvalue weighted by Gasteiger charge is -2.28. The van der Waals surface area contributed by atoms with E-state index in [4.69, 9.17) is 9.83 Å². The number of fused-ring (bicyclic) bond motifs is 2. The Morgan fingerprint density at radius 1 is 1.23 bits per heavy atom. The molecule has 2 aliphatic rings. The number of aliphatic imine (C=N–C) groups is 1. The van der Waals surface area contributed by atoms with Gasteiger partial charge in [0.25, 0.3) is 0 Å². The van der Waals surface area contributed by atoms with E-state index in [1.165, 1.54) is 12.8 Å². The van der Waals surface area contributed by atoms with Crippen LogP contribution in [0.15, 0.2) is 57.1 Å². The van der Waals surface area contributed by atoms with Gasteiger partial charge in [-0.3, -0.25) is 0 Å². The lowest BCUT2D eigenvalue weighted by molar-refractivity contribution is 0.113. The lowest BCUT2D eigenvalue weighted by atomic mass is 9.94. The van der Waals surface area contributed by atoms with Crippen molar-refractivity contribution >= 4 is 43.9 Å². The number of hydrogen-bond acceptors (Lipinski definition) is 5. The van der Waals surface area contributed by atoms with Gasteiger partial charge in [0.1, 0.15) is 18.0 Å². The number of oxime groups is 1. The van der Waals surface area contributed by atoms with Crippen LogP contribution in [0.25, 0.3) is 10.9 Å². The number of aromatic hydroxyl groups is 1. The third kappa shape index (κ3) is 4.00. The average Bonchev–Trinajstić information content (AvgIpc) is 3.28. The number of likely N-dealkylation sites (tertiary alicyclic amines) is 1. The van der Waals surface area contributed by atoms with E-state index in [0.717, 1.165) is 46.1 Å². The Hall–Kier alpha value is -2.64. The lowest BCUT2D eigenvalue weighted by Crippen LogP contribution is -2.30. The van der Waals surface area contributed by atoms with Crippen molar-refractivity contribution in [2.45, 2.75) is 19.3 Å². The molecular weight excluding hydrogens is 456 g/mol. The molecule has 7 heteroatoms. The van der Waals surface area contributed by atoms with Gasteiger partial charge in [0.15, 0.2) is 5.88 Å². The number of para-hydroxylation sites is 1. The van der Waals surface area contributed by atoms with E-state index in [1.807, 2.05) is 42.5 Å². The summed E-state index contributed by atoms with van der Waals surface area (Å²) in [5.74, 6) is 0.772. The highest BCUT2D eigenvalue weighted by Gasteiger charge is 2.29. The summed E-state index contributed by atoms with van der Waals surface area (Å²) in [4.78, 5) is 16.0. The molecule has 0 spiro atoms. The molecule has 3 aromatic rings. The maximum atomic E-state index is 10.7. The first kappa shape index (κ1) is 20.3. The molecule has 6 nitrogen and oxygen atoms in total. The van der Waals surface area contributed by atoms with E-state index in [1.54, 1.807) is 0 Å². The molecule has 1 saturated heterocycles. The van der Waals surface area contributed by atoms with Crippen molar-refractivity contribution in [2.24, 2.45) is 16.1 Å². The summed E-state index contributed by atoms with van der Waals surface area (Å²) in [6.45, 7) is 2.89. The van der Waals surface area contributed by atoms with Crippen LogP contribution in [0.4, 0.5) is 5.69 Å². The van der Waals surface area contributed by atoms with Gasteiger partial charge in [0.05, 0.1) is 11.3 Å². The number of H-pyrrole nitrogens is 1. The van der Waals surface area contributed by atoms with Crippen LogP contribution in [0, 0.1) is 5.92 Å². The van der Waals surface area contributed by atoms with Gasteiger partial charge >= 0.3 is 0 Å². The monoisotopic (exact) mass is 480 g/mol. The Morgan fingerprint density at radius 3 is 2.87 bits per heavy atom. The molecule has 0 radical (unpaired) electrons. The highest BCUT2D eigenvalue weighted by atomic mass is 79.9. The molecule has 0 aliphatic carbocycles. The highest BCUT2D eigenvalue weighted by Crippen LogP contribution is 2.36. The van der Waals surface area contributed by atoms with Crippen molar-refractivity contribution in [3.05, 3.63) is 58.1 Å². The van der Waals surface area contributed by atoms with E-state index >= 15 is 0 Å². The molecule has 2 N–H and O–H groups in total. The van der Waals surface area contributed by atoms with Gasteiger partial charge in [0.2, 0.25) is 0 Å². The summed E-state index contributed by atoms with van der Waals surface area (Å²) >= 11 is 3.53. The van der Waals surface area contributed by atoms with E-state index in [0.29, 0.717) is 29.5 Å². The molecule has 2 aliphatic heterocycles. The predicted octanol–water partition coefficient (Wildman–Crippen LogP) is 5.22. The van der Waals surface area contributed by atoms with Gasteiger partial charge < -0.3 is 19.8 Å². The van der Waals surface area contributed by atoms with E-state index in [9.17, 15) is 5.11 Å². The molecule has 0 atom stereocenters. The highest BCUT2D eigenvalue weighted by molar-refractivity contribution is 9.10. The molecule has 0 bridgehead atoms. The van der Waals surface area contributed by atoms with Crippen molar-refractivity contribution < 1.29 is 9.94 Å². The summed E-state index contributed by atoms with van der Waals surface area (Å²) in [6.07, 6.45) is 3.43. The zero-order chi connectivity index (χ0) is 21.4. The van der Waals surface area contributed by atoms with Gasteiger partial charge in [0, 0.05) is 20.9 Å². The fraction of sp³-hybridized carbons (Fsp3) is 0.333. The zero-order valence-corrected chi connectivity index (χ0v) is 19.0. The number of benzene rings is 2. The minimum Gasteiger partial charge on any atom is -0.494 e. The fourth-order valence-electron chi connectivity index (χ4n) is 4.41. The second-order valence-corrected chi connectivity index (χ2v) is 9.24. The van der Waals surface area contributed by atoms with Crippen molar-refractivity contribution in [1.29, 1.82) is 0 Å². The molecule has 3 heterocycles. The Balaban J connectivity index is 1.43. The minimum atomic E-state index is 0.0821. The zero-order valence-electron chi connectivity index (χ0n) is 17.4. The third-order valence-corrected chi connectivity index (χ3v) is 6.70. The number of aromatic amines is 1. The van der Waals surface area contributed by atoms with Gasteiger partial charge in [-0.15, -0.1) is 0 Å². The second kappa shape index (κ2) is 8.48. The Kier molecular flexibility index (Phi) is 5.54. The van der Waals surface area contributed by atoms with Crippen LogP contribution in [-0.2, 0) is 4.84 Å². The number of piperidine rings is 1. The van der Waals surface area contributed by atoms with E-state index in [2.05, 4.69) is 38.0 Å². The largest absolute Gasteiger partial charge is 0.494 e. The molecular formula is C24H25BrN4O2. The van der Waals surface area contributed by atoms with Gasteiger partial charge in [-0.05, 0) is 69.6 Å². The first-order valence-corrected chi connectivity index (χ1v) is 11.5. The fourth-order valence-corrected chi connectivity index (χ4v) is 4.77. The normalized spacial score (nSPS) is 18.5. The maximum Gasteiger partial charge on any atom is 0.199 e. The molecule has 0 saturated carbocycles. The Bertz CT molecular complexity index is 1180. The predicted molar refractivity (Wildman–Crippen MR) is 128 cm³/mol. The summed E-state index contributed by atoms with van der Waals surface area (Å²) in [5.41, 5.74) is 4.53. The Labute approximate surface area is 189 Å². The van der Waals surface area contributed by atoms with Gasteiger partial charge in [-0.1, -0.05) is 39.3 Å². The first-order chi connectivity index (χ1) is 15.1. The Morgan fingerprint density at radius 2 is 2.03 bits per heavy atom. The number of aromatic nitrogens is 1. The summed E-state index contributed by atoms with van der Waals surface area (Å²) in [6, 6.07) is 13.7. The second-order valence-electron chi connectivity index (χ2n) is 8.32. The number of hydrogen-bond donors (Lipinski definition) is 2. The minimum absolute atomic E-state index is 0.0821. The van der Waals surface area contributed by atoms with E-state index < -0.39 is 0 Å². The van der Waals surface area contributed by atoms with Crippen molar-refractivity contribution in [1.82, 2.24) is 9.88 Å². The summed E-state index contributed by atoms with van der Waals surface area (Å²) in [5, 5.41) is 16.1. The number of rotatable bonds is 5. The number of halogens is 1. The van der Waals surface area contributed by atoms with Crippen LogP contribution in [-0.4, -0.2) is 53.2 Å². The summed E-state index contributed by atoms with van der Waals surface area (Å²) < 4.78 is 0.934. The molecule has 1 fully saturated rings. The first-order valence-electron chi connectivity index (χ1n) is 10.7. The third-order valence-electron chi connectivity index (χ3n) is 6.20. The molecule has 5 rings (SSSR count). The molecule has 160 valence electrons. The number of nitrogens with one attached hydrogen (secondary N) is 1. The molecule has 0 unspecified atom stereocenters. The van der Waals surface area contributed by atoms with Crippen LogP contribution < -0.4 is 0 Å². The van der Waals surface area contributed by atoms with Gasteiger partial charge in [-0.25, -0.2) is 4.99 Å². The molecule has 0 amide bonds. The van der Waals surface area contributed by atoms with Crippen LogP contribution in [0.2, 0.25) is 0 Å². The SMILES string of the molecule is CN1CCC(CCO/N=C2/C(c3c(O)[nH]c4ccc(Br)cc34)=Nc3ccccc32)CC1. The van der Waals surface area contributed by atoms with E-state index in [-0.39, 0.29) is 5.88 Å². The van der Waals surface area contributed by atoms with Crippen molar-refractivity contribution in [3.8, 4) is 5.88 Å². The molecule has 1 aromatic heterocycles. The summed E-state index contributed by atoms with van der Waals surface area (Å²) in [7, 11) is 2.18.